The molecule has 1 N–H and O–H groups in total. The Balaban J connectivity index is 2.05. The van der Waals surface area contributed by atoms with Crippen LogP contribution < -0.4 is 5.32 Å². The Morgan fingerprint density at radius 3 is 2.55 bits per heavy atom. The number of rotatable bonds is 6. The van der Waals surface area contributed by atoms with E-state index >= 15 is 0 Å². The summed E-state index contributed by atoms with van der Waals surface area (Å²) in [5, 5.41) is 4.56. The van der Waals surface area contributed by atoms with E-state index in [1.54, 1.807) is 0 Å². The Hall–Kier alpha value is -0.120. The minimum absolute atomic E-state index is 0.619. The second kappa shape index (κ2) is 8.35. The SMILES string of the molecule is CCCNC(Cc1cc(C)cc(C)c1)C1CSCCS1. The minimum atomic E-state index is 0.619. The van der Waals surface area contributed by atoms with Crippen LogP contribution in [0.3, 0.4) is 0 Å². The molecule has 1 aliphatic rings. The lowest BCUT2D eigenvalue weighted by molar-refractivity contribution is 0.505. The summed E-state index contributed by atoms with van der Waals surface area (Å²) in [5.74, 6) is 3.94. The first kappa shape index (κ1) is 16.3. The Morgan fingerprint density at radius 2 is 1.95 bits per heavy atom. The predicted octanol–water partition coefficient (Wildman–Crippen LogP) is 4.06. The number of thioether (sulfide) groups is 2. The smallest absolute Gasteiger partial charge is 0.0295 e. The van der Waals surface area contributed by atoms with E-state index < -0.39 is 0 Å². The third-order valence-corrected chi connectivity index (χ3v) is 6.60. The van der Waals surface area contributed by atoms with Gasteiger partial charge in [0.2, 0.25) is 0 Å². The van der Waals surface area contributed by atoms with Crippen molar-refractivity contribution in [2.24, 2.45) is 0 Å². The molecule has 0 saturated carbocycles. The van der Waals surface area contributed by atoms with Crippen LogP contribution in [-0.4, -0.2) is 35.1 Å². The molecule has 1 saturated heterocycles. The van der Waals surface area contributed by atoms with Gasteiger partial charge in [-0.05, 0) is 38.8 Å². The standard InChI is InChI=1S/C17H27NS2/c1-4-5-18-16(17-12-19-6-7-20-17)11-15-9-13(2)8-14(3)10-15/h8-10,16-18H,4-7,11-12H2,1-3H3. The predicted molar refractivity (Wildman–Crippen MR) is 95.3 cm³/mol. The normalized spacial score (nSPS) is 20.9. The molecular weight excluding hydrogens is 282 g/mol. The quantitative estimate of drug-likeness (QED) is 0.851. The van der Waals surface area contributed by atoms with Crippen LogP contribution in [0.4, 0.5) is 0 Å². The summed E-state index contributed by atoms with van der Waals surface area (Å²) in [6.45, 7) is 7.80. The van der Waals surface area contributed by atoms with Crippen molar-refractivity contribution >= 4 is 23.5 Å². The van der Waals surface area contributed by atoms with Crippen molar-refractivity contribution in [1.29, 1.82) is 0 Å². The number of aryl methyl sites for hydroxylation is 2. The molecule has 0 aliphatic carbocycles. The maximum absolute atomic E-state index is 3.79. The summed E-state index contributed by atoms with van der Waals surface area (Å²) in [7, 11) is 0. The molecule has 0 aromatic heterocycles. The molecule has 1 nitrogen and oxygen atoms in total. The molecule has 1 aliphatic heterocycles. The van der Waals surface area contributed by atoms with Crippen molar-refractivity contribution in [2.45, 2.75) is 44.9 Å². The van der Waals surface area contributed by atoms with Gasteiger partial charge in [0, 0.05) is 28.6 Å². The van der Waals surface area contributed by atoms with Gasteiger partial charge in [0.05, 0.1) is 0 Å². The van der Waals surface area contributed by atoms with Gasteiger partial charge in [-0.2, -0.15) is 23.5 Å². The second-order valence-corrected chi connectivity index (χ2v) is 8.24. The molecular formula is C17H27NS2. The van der Waals surface area contributed by atoms with Crippen LogP contribution in [0.2, 0.25) is 0 Å². The first-order valence-electron chi connectivity index (χ1n) is 7.69. The summed E-state index contributed by atoms with van der Waals surface area (Å²) >= 11 is 4.29. The van der Waals surface area contributed by atoms with Gasteiger partial charge in [0.25, 0.3) is 0 Å². The van der Waals surface area contributed by atoms with Crippen molar-refractivity contribution in [2.75, 3.05) is 23.8 Å². The van der Waals surface area contributed by atoms with Crippen molar-refractivity contribution < 1.29 is 0 Å². The minimum Gasteiger partial charge on any atom is -0.313 e. The molecule has 2 atom stereocenters. The van der Waals surface area contributed by atoms with E-state index in [9.17, 15) is 0 Å². The topological polar surface area (TPSA) is 12.0 Å². The van der Waals surface area contributed by atoms with E-state index in [1.807, 2.05) is 0 Å². The first-order valence-corrected chi connectivity index (χ1v) is 9.89. The van der Waals surface area contributed by atoms with E-state index in [0.717, 1.165) is 11.8 Å². The number of benzene rings is 1. The first-order chi connectivity index (χ1) is 9.69. The summed E-state index contributed by atoms with van der Waals surface area (Å²) in [6.07, 6.45) is 2.38. The molecule has 112 valence electrons. The molecule has 1 aromatic rings. The van der Waals surface area contributed by atoms with Gasteiger partial charge in [-0.25, -0.2) is 0 Å². The fourth-order valence-corrected chi connectivity index (χ4v) is 5.73. The molecule has 2 rings (SSSR count). The average Bonchev–Trinajstić information content (AvgIpc) is 2.43. The zero-order chi connectivity index (χ0) is 14.4. The maximum Gasteiger partial charge on any atom is 0.0295 e. The van der Waals surface area contributed by atoms with E-state index in [1.165, 1.54) is 46.8 Å². The highest BCUT2D eigenvalue weighted by molar-refractivity contribution is 8.06. The van der Waals surface area contributed by atoms with Gasteiger partial charge in [-0.3, -0.25) is 0 Å². The number of nitrogens with one attached hydrogen (secondary N) is 1. The highest BCUT2D eigenvalue weighted by atomic mass is 32.2. The second-order valence-electron chi connectivity index (χ2n) is 5.74. The van der Waals surface area contributed by atoms with Gasteiger partial charge < -0.3 is 5.32 Å². The lowest BCUT2D eigenvalue weighted by atomic mass is 9.99. The molecule has 3 heteroatoms. The van der Waals surface area contributed by atoms with Crippen molar-refractivity contribution in [3.63, 3.8) is 0 Å². The van der Waals surface area contributed by atoms with Gasteiger partial charge in [0.15, 0.2) is 0 Å². The van der Waals surface area contributed by atoms with Gasteiger partial charge in [0.1, 0.15) is 0 Å². The van der Waals surface area contributed by atoms with Crippen molar-refractivity contribution in [1.82, 2.24) is 5.32 Å². The van der Waals surface area contributed by atoms with Gasteiger partial charge in [-0.15, -0.1) is 0 Å². The number of hydrogen-bond donors (Lipinski definition) is 1. The van der Waals surface area contributed by atoms with Crippen LogP contribution in [0.25, 0.3) is 0 Å². The Bertz CT molecular complexity index is 393. The Kier molecular flexibility index (Phi) is 6.79. The third kappa shape index (κ3) is 5.01. The van der Waals surface area contributed by atoms with E-state index in [0.29, 0.717) is 6.04 Å². The molecule has 20 heavy (non-hydrogen) atoms. The molecule has 0 spiro atoms. The third-order valence-electron chi connectivity index (χ3n) is 3.68. The zero-order valence-electron chi connectivity index (χ0n) is 12.9. The Morgan fingerprint density at radius 1 is 1.20 bits per heavy atom. The highest BCUT2D eigenvalue weighted by Gasteiger charge is 2.24. The summed E-state index contributed by atoms with van der Waals surface area (Å²) < 4.78 is 0. The van der Waals surface area contributed by atoms with Gasteiger partial charge in [-0.1, -0.05) is 36.2 Å². The average molecular weight is 310 g/mol. The van der Waals surface area contributed by atoms with Crippen LogP contribution >= 0.6 is 23.5 Å². The monoisotopic (exact) mass is 309 g/mol. The van der Waals surface area contributed by atoms with Crippen LogP contribution in [0.5, 0.6) is 0 Å². The van der Waals surface area contributed by atoms with Crippen molar-refractivity contribution in [3.05, 3.63) is 34.9 Å². The fourth-order valence-electron chi connectivity index (χ4n) is 2.84. The van der Waals surface area contributed by atoms with Crippen LogP contribution in [0, 0.1) is 13.8 Å². The van der Waals surface area contributed by atoms with Crippen LogP contribution in [0.1, 0.15) is 30.0 Å². The molecule has 1 heterocycles. The lowest BCUT2D eigenvalue weighted by Gasteiger charge is -2.30. The number of hydrogen-bond acceptors (Lipinski definition) is 3. The summed E-state index contributed by atoms with van der Waals surface area (Å²) in [4.78, 5) is 0. The van der Waals surface area contributed by atoms with E-state index in [-0.39, 0.29) is 0 Å². The largest absolute Gasteiger partial charge is 0.313 e. The summed E-state index contributed by atoms with van der Waals surface area (Å²) in [6, 6.07) is 7.60. The van der Waals surface area contributed by atoms with E-state index in [4.69, 9.17) is 0 Å². The highest BCUT2D eigenvalue weighted by Crippen LogP contribution is 2.28. The molecule has 0 amide bonds. The molecule has 1 aromatic carbocycles. The van der Waals surface area contributed by atoms with Crippen LogP contribution in [0.15, 0.2) is 18.2 Å². The zero-order valence-corrected chi connectivity index (χ0v) is 14.6. The van der Waals surface area contributed by atoms with Gasteiger partial charge >= 0.3 is 0 Å². The molecule has 2 unspecified atom stereocenters. The van der Waals surface area contributed by atoms with Crippen molar-refractivity contribution in [3.8, 4) is 0 Å². The molecule has 0 radical (unpaired) electrons. The van der Waals surface area contributed by atoms with Crippen LogP contribution in [-0.2, 0) is 6.42 Å². The summed E-state index contributed by atoms with van der Waals surface area (Å²) in [5.41, 5.74) is 4.27. The Labute approximate surface area is 132 Å². The molecule has 0 bridgehead atoms. The molecule has 1 fully saturated rings. The lowest BCUT2D eigenvalue weighted by Crippen LogP contribution is -2.43. The maximum atomic E-state index is 3.79. The van der Waals surface area contributed by atoms with E-state index in [2.05, 4.69) is 67.8 Å². The fraction of sp³-hybridized carbons (Fsp3) is 0.647.